The van der Waals surface area contributed by atoms with Crippen LogP contribution in [0.5, 0.6) is 0 Å². The first-order valence-corrected chi connectivity index (χ1v) is 11.7. The Kier molecular flexibility index (Phi) is 8.25. The number of hydrogen-bond donors (Lipinski definition) is 3. The van der Waals surface area contributed by atoms with Crippen LogP contribution in [-0.4, -0.2) is 39.3 Å². The lowest BCUT2D eigenvalue weighted by Gasteiger charge is -2.27. The van der Waals surface area contributed by atoms with E-state index in [4.69, 9.17) is 9.26 Å². The molecule has 2 aromatic heterocycles. The molecule has 2 aromatic rings. The third-order valence-corrected chi connectivity index (χ3v) is 6.09. The van der Waals surface area contributed by atoms with Gasteiger partial charge in [0, 0.05) is 0 Å². The second-order valence-corrected chi connectivity index (χ2v) is 8.76. The molecule has 1 aliphatic rings. The first-order chi connectivity index (χ1) is 16.2. The molecule has 0 aliphatic heterocycles. The normalized spacial score (nSPS) is 18.7. The number of rotatable bonds is 8. The summed E-state index contributed by atoms with van der Waals surface area (Å²) in [7, 11) is 0. The summed E-state index contributed by atoms with van der Waals surface area (Å²) in [5, 5.41) is 18.9. The van der Waals surface area contributed by atoms with Gasteiger partial charge in [0.2, 0.25) is 11.7 Å². The zero-order chi connectivity index (χ0) is 24.8. The first kappa shape index (κ1) is 25.2. The van der Waals surface area contributed by atoms with E-state index in [1.807, 2.05) is 13.8 Å². The summed E-state index contributed by atoms with van der Waals surface area (Å²) in [6.45, 7) is 7.27. The van der Waals surface area contributed by atoms with Crippen molar-refractivity contribution in [1.29, 1.82) is 0 Å². The summed E-state index contributed by atoms with van der Waals surface area (Å²) in [5.41, 5.74) is 2.27. The summed E-state index contributed by atoms with van der Waals surface area (Å²) < 4.78 is 10.8. The molecule has 184 valence electrons. The van der Waals surface area contributed by atoms with Gasteiger partial charge in [-0.1, -0.05) is 31.3 Å². The van der Waals surface area contributed by atoms with Gasteiger partial charge in [0.05, 0.1) is 23.2 Å². The quantitative estimate of drug-likeness (QED) is 0.491. The lowest BCUT2D eigenvalue weighted by molar-refractivity contribution is -0.147. The van der Waals surface area contributed by atoms with E-state index in [-0.39, 0.29) is 17.8 Å². The van der Waals surface area contributed by atoms with Crippen LogP contribution < -0.4 is 10.6 Å². The van der Waals surface area contributed by atoms with Crippen LogP contribution >= 0.6 is 0 Å². The van der Waals surface area contributed by atoms with Gasteiger partial charge in [-0.3, -0.25) is 14.9 Å². The van der Waals surface area contributed by atoms with Crippen LogP contribution in [0.2, 0.25) is 0 Å². The molecule has 3 atom stereocenters. The Morgan fingerprint density at radius 3 is 2.50 bits per heavy atom. The largest absolute Gasteiger partial charge is 0.481 e. The molecule has 2 amide bonds. The Bertz CT molecular complexity index is 1050. The maximum Gasteiger partial charge on any atom is 0.412 e. The number of aryl methyl sites for hydroxylation is 2. The fraction of sp³-hybridized carbons (Fsp3) is 0.542. The Hall–Kier alpha value is -3.43. The van der Waals surface area contributed by atoms with Gasteiger partial charge in [-0.25, -0.2) is 9.78 Å². The monoisotopic (exact) mass is 472 g/mol. The summed E-state index contributed by atoms with van der Waals surface area (Å²) in [6.07, 6.45) is 3.53. The van der Waals surface area contributed by atoms with Crippen LogP contribution in [0, 0.1) is 25.7 Å². The van der Waals surface area contributed by atoms with E-state index in [0.29, 0.717) is 41.3 Å². The highest BCUT2D eigenvalue weighted by Gasteiger charge is 2.36. The molecule has 1 aliphatic carbocycles. The molecule has 0 bridgehead atoms. The maximum atomic E-state index is 12.8. The van der Waals surface area contributed by atoms with Crippen molar-refractivity contribution in [3.63, 3.8) is 0 Å². The molecule has 34 heavy (non-hydrogen) atoms. The zero-order valence-electron chi connectivity index (χ0n) is 20.0. The predicted molar refractivity (Wildman–Crippen MR) is 125 cm³/mol. The molecule has 10 heteroatoms. The van der Waals surface area contributed by atoms with E-state index in [1.54, 1.807) is 26.0 Å². The van der Waals surface area contributed by atoms with Crippen molar-refractivity contribution in [3.05, 3.63) is 23.5 Å². The Morgan fingerprint density at radius 1 is 1.15 bits per heavy atom. The SMILES string of the molecule is CCCC(C)OC(=O)Nc1c(C)noc1-c1ccc(NC(=O)[C@H]2CCCC[C@@H]2C(=O)O)c(C)n1. The highest BCUT2D eigenvalue weighted by Crippen LogP contribution is 2.33. The van der Waals surface area contributed by atoms with Crippen molar-refractivity contribution in [2.24, 2.45) is 11.8 Å². The highest BCUT2D eigenvalue weighted by molar-refractivity contribution is 5.96. The number of carbonyl (C=O) groups excluding carboxylic acids is 2. The van der Waals surface area contributed by atoms with Gasteiger partial charge in [0.1, 0.15) is 23.2 Å². The molecule has 0 saturated heterocycles. The fourth-order valence-electron chi connectivity index (χ4n) is 4.26. The van der Waals surface area contributed by atoms with Gasteiger partial charge >= 0.3 is 12.1 Å². The van der Waals surface area contributed by atoms with Crippen LogP contribution in [0.25, 0.3) is 11.5 Å². The number of carboxylic acids is 1. The van der Waals surface area contributed by atoms with Crippen molar-refractivity contribution in [2.45, 2.75) is 72.3 Å². The molecule has 1 unspecified atom stereocenters. The van der Waals surface area contributed by atoms with Crippen molar-refractivity contribution in [2.75, 3.05) is 10.6 Å². The molecule has 0 aromatic carbocycles. The molecular formula is C24H32N4O6. The Morgan fingerprint density at radius 2 is 1.85 bits per heavy atom. The minimum atomic E-state index is -0.937. The average Bonchev–Trinajstić information content (AvgIpc) is 3.15. The maximum absolute atomic E-state index is 12.8. The number of carboxylic acid groups (broad SMARTS) is 1. The molecular weight excluding hydrogens is 440 g/mol. The van der Waals surface area contributed by atoms with Gasteiger partial charge in [-0.15, -0.1) is 0 Å². The van der Waals surface area contributed by atoms with Crippen molar-refractivity contribution >= 4 is 29.3 Å². The predicted octanol–water partition coefficient (Wildman–Crippen LogP) is 4.92. The highest BCUT2D eigenvalue weighted by atomic mass is 16.6. The van der Waals surface area contributed by atoms with E-state index < -0.39 is 23.9 Å². The number of carbonyl (C=O) groups is 3. The number of ether oxygens (including phenoxy) is 1. The first-order valence-electron chi connectivity index (χ1n) is 11.7. The molecule has 1 fully saturated rings. The minimum absolute atomic E-state index is 0.221. The third kappa shape index (κ3) is 5.92. The number of nitrogens with one attached hydrogen (secondary N) is 2. The van der Waals surface area contributed by atoms with E-state index in [0.717, 1.165) is 25.7 Å². The standard InChI is InChI=1S/C24H32N4O6/c1-5-8-13(2)33-24(32)27-20-15(4)28-34-21(20)19-12-11-18(14(3)25-19)26-22(29)16-9-6-7-10-17(16)23(30)31/h11-13,16-17H,5-10H2,1-4H3,(H,26,29)(H,27,32)(H,30,31)/t13?,16-,17-/m0/s1. The van der Waals surface area contributed by atoms with E-state index in [9.17, 15) is 19.5 Å². The Labute approximate surface area is 198 Å². The molecule has 0 radical (unpaired) electrons. The summed E-state index contributed by atoms with van der Waals surface area (Å²) >= 11 is 0. The molecule has 3 rings (SSSR count). The second kappa shape index (κ2) is 11.1. The summed E-state index contributed by atoms with van der Waals surface area (Å²) in [5.74, 6) is -2.22. The molecule has 3 N–H and O–H groups in total. The number of aliphatic carboxylic acids is 1. The van der Waals surface area contributed by atoms with E-state index in [2.05, 4.69) is 20.8 Å². The molecule has 10 nitrogen and oxygen atoms in total. The number of anilines is 2. The number of amides is 2. The minimum Gasteiger partial charge on any atom is -0.481 e. The van der Waals surface area contributed by atoms with Crippen molar-refractivity contribution < 1.29 is 28.8 Å². The molecule has 1 saturated carbocycles. The average molecular weight is 473 g/mol. The van der Waals surface area contributed by atoms with Crippen LogP contribution in [0.1, 0.15) is 63.8 Å². The lowest BCUT2D eigenvalue weighted by Crippen LogP contribution is -2.36. The van der Waals surface area contributed by atoms with Crippen LogP contribution in [0.4, 0.5) is 16.2 Å². The second-order valence-electron chi connectivity index (χ2n) is 8.76. The van der Waals surface area contributed by atoms with Crippen molar-refractivity contribution in [3.8, 4) is 11.5 Å². The molecule has 2 heterocycles. The topological polar surface area (TPSA) is 144 Å². The van der Waals surface area contributed by atoms with Gasteiger partial charge in [0.25, 0.3) is 0 Å². The van der Waals surface area contributed by atoms with Crippen LogP contribution in [0.3, 0.4) is 0 Å². The van der Waals surface area contributed by atoms with Gasteiger partial charge in [-0.2, -0.15) is 0 Å². The number of nitrogens with zero attached hydrogens (tertiary/aromatic N) is 2. The van der Waals surface area contributed by atoms with Gasteiger partial charge in [0.15, 0.2) is 0 Å². The van der Waals surface area contributed by atoms with Crippen LogP contribution in [-0.2, 0) is 14.3 Å². The number of aromatic nitrogens is 2. The van der Waals surface area contributed by atoms with Gasteiger partial charge in [-0.05, 0) is 52.2 Å². The van der Waals surface area contributed by atoms with Crippen LogP contribution in [0.15, 0.2) is 16.7 Å². The lowest BCUT2D eigenvalue weighted by atomic mass is 9.78. The van der Waals surface area contributed by atoms with Gasteiger partial charge < -0.3 is 19.7 Å². The van der Waals surface area contributed by atoms with E-state index >= 15 is 0 Å². The molecule has 0 spiro atoms. The zero-order valence-corrected chi connectivity index (χ0v) is 20.0. The summed E-state index contributed by atoms with van der Waals surface area (Å²) in [4.78, 5) is 41.2. The summed E-state index contributed by atoms with van der Waals surface area (Å²) in [6, 6.07) is 3.33. The fourth-order valence-corrected chi connectivity index (χ4v) is 4.26. The van der Waals surface area contributed by atoms with E-state index in [1.165, 1.54) is 0 Å². The van der Waals surface area contributed by atoms with Crippen molar-refractivity contribution in [1.82, 2.24) is 10.1 Å². The number of hydrogen-bond acceptors (Lipinski definition) is 7. The Balaban J connectivity index is 1.75. The number of pyridine rings is 1. The smallest absolute Gasteiger partial charge is 0.412 e. The third-order valence-electron chi connectivity index (χ3n) is 6.09.